The molecular formula is C12H16N2O2. The van der Waals surface area contributed by atoms with Crippen molar-refractivity contribution in [3.05, 3.63) is 23.8 Å². The third-order valence-corrected chi connectivity index (χ3v) is 2.59. The fourth-order valence-electron chi connectivity index (χ4n) is 1.87. The molecule has 0 fully saturated rings. The maximum absolute atomic E-state index is 11.8. The molecule has 2 rings (SSSR count). The lowest BCUT2D eigenvalue weighted by Gasteiger charge is -2.14. The van der Waals surface area contributed by atoms with Gasteiger partial charge in [-0.05, 0) is 19.9 Å². The van der Waals surface area contributed by atoms with Crippen LogP contribution in [0.3, 0.4) is 0 Å². The van der Waals surface area contributed by atoms with Gasteiger partial charge in [0.25, 0.3) is 0 Å². The lowest BCUT2D eigenvalue weighted by atomic mass is 10.1. The zero-order valence-electron chi connectivity index (χ0n) is 9.70. The van der Waals surface area contributed by atoms with Crippen LogP contribution in [-0.4, -0.2) is 19.1 Å². The summed E-state index contributed by atoms with van der Waals surface area (Å²) in [5.74, 6) is 0.751. The molecule has 0 radical (unpaired) electrons. The zero-order chi connectivity index (χ0) is 11.7. The smallest absolute Gasteiger partial charge is 0.246 e. The summed E-state index contributed by atoms with van der Waals surface area (Å²) in [7, 11) is 1.61. The van der Waals surface area contributed by atoms with Gasteiger partial charge in [-0.25, -0.2) is 0 Å². The van der Waals surface area contributed by atoms with Gasteiger partial charge in [0.1, 0.15) is 11.8 Å². The number of amides is 1. The molecule has 1 heterocycles. The number of methoxy groups -OCH3 is 1. The second-order valence-corrected chi connectivity index (χ2v) is 4.20. The van der Waals surface area contributed by atoms with Gasteiger partial charge in [0.2, 0.25) is 5.91 Å². The SMILES string of the molecule is COc1ccc2c(c1)NC(=O)C2NC(C)C. The van der Waals surface area contributed by atoms with E-state index in [1.165, 1.54) is 0 Å². The van der Waals surface area contributed by atoms with Gasteiger partial charge in [-0.2, -0.15) is 0 Å². The van der Waals surface area contributed by atoms with Crippen molar-refractivity contribution in [1.82, 2.24) is 5.32 Å². The molecule has 0 aliphatic carbocycles. The monoisotopic (exact) mass is 220 g/mol. The second-order valence-electron chi connectivity index (χ2n) is 4.20. The van der Waals surface area contributed by atoms with E-state index in [1.807, 2.05) is 32.0 Å². The van der Waals surface area contributed by atoms with Gasteiger partial charge in [0, 0.05) is 23.4 Å². The first-order valence-electron chi connectivity index (χ1n) is 5.36. The predicted octanol–water partition coefficient (Wildman–Crippen LogP) is 1.69. The van der Waals surface area contributed by atoms with Crippen molar-refractivity contribution in [1.29, 1.82) is 0 Å². The first kappa shape index (κ1) is 11.0. The van der Waals surface area contributed by atoms with Crippen molar-refractivity contribution in [2.75, 3.05) is 12.4 Å². The molecule has 1 amide bonds. The van der Waals surface area contributed by atoms with Gasteiger partial charge >= 0.3 is 0 Å². The quantitative estimate of drug-likeness (QED) is 0.815. The number of anilines is 1. The van der Waals surface area contributed by atoms with Crippen molar-refractivity contribution in [3.63, 3.8) is 0 Å². The molecule has 1 aliphatic rings. The van der Waals surface area contributed by atoms with E-state index in [0.29, 0.717) is 0 Å². The standard InChI is InChI=1S/C12H16N2O2/c1-7(2)13-11-9-5-4-8(16-3)6-10(9)14-12(11)15/h4-7,11,13H,1-3H3,(H,14,15). The molecular weight excluding hydrogens is 204 g/mol. The lowest BCUT2D eigenvalue weighted by molar-refractivity contribution is -0.117. The summed E-state index contributed by atoms with van der Waals surface area (Å²) in [4.78, 5) is 11.8. The number of hydrogen-bond donors (Lipinski definition) is 2. The molecule has 0 aromatic heterocycles. The van der Waals surface area contributed by atoms with Crippen LogP contribution < -0.4 is 15.4 Å². The Labute approximate surface area is 95.0 Å². The largest absolute Gasteiger partial charge is 0.497 e. The third-order valence-electron chi connectivity index (χ3n) is 2.59. The Morgan fingerprint density at radius 1 is 1.44 bits per heavy atom. The molecule has 1 aliphatic heterocycles. The van der Waals surface area contributed by atoms with Crippen LogP contribution in [0.2, 0.25) is 0 Å². The van der Waals surface area contributed by atoms with Gasteiger partial charge in [-0.3, -0.25) is 10.1 Å². The number of nitrogens with one attached hydrogen (secondary N) is 2. The van der Waals surface area contributed by atoms with E-state index >= 15 is 0 Å². The molecule has 1 aromatic carbocycles. The number of carbonyl (C=O) groups is 1. The Bertz CT molecular complexity index is 415. The number of benzene rings is 1. The van der Waals surface area contributed by atoms with Crippen LogP contribution in [0.15, 0.2) is 18.2 Å². The summed E-state index contributed by atoms with van der Waals surface area (Å²) >= 11 is 0. The molecule has 4 nitrogen and oxygen atoms in total. The van der Waals surface area contributed by atoms with Crippen LogP contribution in [0, 0.1) is 0 Å². The lowest BCUT2D eigenvalue weighted by Crippen LogP contribution is -2.32. The molecule has 16 heavy (non-hydrogen) atoms. The number of hydrogen-bond acceptors (Lipinski definition) is 3. The zero-order valence-corrected chi connectivity index (χ0v) is 9.70. The van der Waals surface area contributed by atoms with Crippen molar-refractivity contribution < 1.29 is 9.53 Å². The highest BCUT2D eigenvalue weighted by molar-refractivity contribution is 6.02. The number of carbonyl (C=O) groups excluding carboxylic acids is 1. The molecule has 2 N–H and O–H groups in total. The topological polar surface area (TPSA) is 50.4 Å². The summed E-state index contributed by atoms with van der Waals surface area (Å²) in [5, 5.41) is 6.08. The summed E-state index contributed by atoms with van der Waals surface area (Å²) in [6.07, 6.45) is 0. The summed E-state index contributed by atoms with van der Waals surface area (Å²) in [6, 6.07) is 5.65. The minimum absolute atomic E-state index is 0.00282. The van der Waals surface area contributed by atoms with E-state index in [2.05, 4.69) is 10.6 Å². The van der Waals surface area contributed by atoms with Crippen LogP contribution in [0.25, 0.3) is 0 Å². The predicted molar refractivity (Wildman–Crippen MR) is 62.6 cm³/mol. The van der Waals surface area contributed by atoms with E-state index < -0.39 is 0 Å². The number of rotatable bonds is 3. The van der Waals surface area contributed by atoms with E-state index in [1.54, 1.807) is 7.11 Å². The molecule has 0 spiro atoms. The fraction of sp³-hybridized carbons (Fsp3) is 0.417. The Balaban J connectivity index is 2.31. The van der Waals surface area contributed by atoms with Gasteiger partial charge in [0.15, 0.2) is 0 Å². The van der Waals surface area contributed by atoms with Crippen LogP contribution in [-0.2, 0) is 4.79 Å². The molecule has 0 bridgehead atoms. The average molecular weight is 220 g/mol. The van der Waals surface area contributed by atoms with E-state index in [0.717, 1.165) is 17.0 Å². The van der Waals surface area contributed by atoms with E-state index in [4.69, 9.17) is 4.74 Å². The Hall–Kier alpha value is -1.55. The fourth-order valence-corrected chi connectivity index (χ4v) is 1.87. The minimum Gasteiger partial charge on any atom is -0.497 e. The van der Waals surface area contributed by atoms with Crippen molar-refractivity contribution in [2.45, 2.75) is 25.9 Å². The summed E-state index contributed by atoms with van der Waals surface area (Å²) in [6.45, 7) is 4.05. The normalized spacial score (nSPS) is 18.5. The Morgan fingerprint density at radius 2 is 2.19 bits per heavy atom. The maximum atomic E-state index is 11.8. The highest BCUT2D eigenvalue weighted by Crippen LogP contribution is 2.33. The first-order valence-corrected chi connectivity index (χ1v) is 5.36. The highest BCUT2D eigenvalue weighted by atomic mass is 16.5. The van der Waals surface area contributed by atoms with E-state index in [-0.39, 0.29) is 18.0 Å². The van der Waals surface area contributed by atoms with Crippen LogP contribution >= 0.6 is 0 Å². The third kappa shape index (κ3) is 1.88. The van der Waals surface area contributed by atoms with Crippen LogP contribution in [0.1, 0.15) is 25.5 Å². The molecule has 1 aromatic rings. The second kappa shape index (κ2) is 4.14. The van der Waals surface area contributed by atoms with Gasteiger partial charge < -0.3 is 10.1 Å². The van der Waals surface area contributed by atoms with Crippen LogP contribution in [0.5, 0.6) is 5.75 Å². The first-order chi connectivity index (χ1) is 7.61. The molecule has 0 saturated heterocycles. The Kier molecular flexibility index (Phi) is 2.83. The Morgan fingerprint density at radius 3 is 2.81 bits per heavy atom. The summed E-state index contributed by atoms with van der Waals surface area (Å²) < 4.78 is 5.12. The van der Waals surface area contributed by atoms with Crippen molar-refractivity contribution in [2.24, 2.45) is 0 Å². The average Bonchev–Trinajstić information content (AvgIpc) is 2.54. The number of fused-ring (bicyclic) bond motifs is 1. The van der Waals surface area contributed by atoms with Gasteiger partial charge in [-0.1, -0.05) is 6.07 Å². The molecule has 0 saturated carbocycles. The molecule has 1 atom stereocenters. The summed E-state index contributed by atoms with van der Waals surface area (Å²) in [5.41, 5.74) is 1.82. The van der Waals surface area contributed by atoms with Gasteiger partial charge in [-0.15, -0.1) is 0 Å². The van der Waals surface area contributed by atoms with Crippen LogP contribution in [0.4, 0.5) is 5.69 Å². The molecule has 86 valence electrons. The molecule has 4 heteroatoms. The van der Waals surface area contributed by atoms with E-state index in [9.17, 15) is 4.79 Å². The number of ether oxygens (including phenoxy) is 1. The van der Waals surface area contributed by atoms with Crippen molar-refractivity contribution >= 4 is 11.6 Å². The maximum Gasteiger partial charge on any atom is 0.246 e. The van der Waals surface area contributed by atoms with Crippen molar-refractivity contribution in [3.8, 4) is 5.75 Å². The van der Waals surface area contributed by atoms with Gasteiger partial charge in [0.05, 0.1) is 7.11 Å². The highest BCUT2D eigenvalue weighted by Gasteiger charge is 2.30. The molecule has 1 unspecified atom stereocenters. The minimum atomic E-state index is -0.249.